The third kappa shape index (κ3) is 3.51. The van der Waals surface area contributed by atoms with E-state index in [-0.39, 0.29) is 22.7 Å². The van der Waals surface area contributed by atoms with Crippen LogP contribution >= 0.6 is 0 Å². The fraction of sp³-hybridized carbons (Fsp3) is 0.474. The molecule has 144 valence electrons. The number of hydrogen-bond acceptors (Lipinski definition) is 4. The largest absolute Gasteiger partial charge is 0.331 e. The van der Waals surface area contributed by atoms with Gasteiger partial charge in [0.25, 0.3) is 5.69 Å². The number of fused-ring (bicyclic) bond motifs is 1. The highest BCUT2D eigenvalue weighted by Crippen LogP contribution is 2.29. The standard InChI is InChI=1S/C19H25N5O3/c1-5-16(18-12(2)21-22(4)13(18)3)20-19(25)23-10-9-15-14(11-23)7-6-8-17(15)24(26)27/h6-8,16H,5,9-11H2,1-4H3,(H,20,25)/t16-/m1/s1. The number of urea groups is 1. The third-order valence-corrected chi connectivity index (χ3v) is 5.34. The van der Waals surface area contributed by atoms with Crippen molar-refractivity contribution in [2.45, 2.75) is 46.2 Å². The van der Waals surface area contributed by atoms with E-state index in [9.17, 15) is 14.9 Å². The maximum Gasteiger partial charge on any atom is 0.318 e. The fourth-order valence-electron chi connectivity index (χ4n) is 3.85. The number of rotatable bonds is 4. The van der Waals surface area contributed by atoms with Crippen LogP contribution in [-0.2, 0) is 20.0 Å². The SMILES string of the molecule is CC[C@@H](NC(=O)N1CCc2c(cccc2[N+](=O)[O-])C1)c1c(C)nn(C)c1C. The summed E-state index contributed by atoms with van der Waals surface area (Å²) in [6, 6.07) is 4.79. The summed E-state index contributed by atoms with van der Waals surface area (Å²) < 4.78 is 1.83. The first kappa shape index (κ1) is 18.9. The van der Waals surface area contributed by atoms with E-state index in [0.29, 0.717) is 19.5 Å². The summed E-state index contributed by atoms with van der Waals surface area (Å²) in [5.41, 5.74) is 4.73. The molecule has 1 atom stereocenters. The second-order valence-electron chi connectivity index (χ2n) is 6.96. The summed E-state index contributed by atoms with van der Waals surface area (Å²) in [7, 11) is 1.90. The monoisotopic (exact) mass is 371 g/mol. The zero-order valence-electron chi connectivity index (χ0n) is 16.2. The van der Waals surface area contributed by atoms with Crippen molar-refractivity contribution in [3.8, 4) is 0 Å². The van der Waals surface area contributed by atoms with Crippen LogP contribution in [0.25, 0.3) is 0 Å². The first-order valence-electron chi connectivity index (χ1n) is 9.14. The predicted molar refractivity (Wildman–Crippen MR) is 101 cm³/mol. The lowest BCUT2D eigenvalue weighted by Gasteiger charge is -2.30. The molecule has 8 heteroatoms. The molecule has 2 heterocycles. The molecule has 0 radical (unpaired) electrons. The van der Waals surface area contributed by atoms with Crippen LogP contribution in [0, 0.1) is 24.0 Å². The fourth-order valence-corrected chi connectivity index (χ4v) is 3.85. The Balaban J connectivity index is 1.77. The van der Waals surface area contributed by atoms with Crippen molar-refractivity contribution in [3.63, 3.8) is 0 Å². The van der Waals surface area contributed by atoms with Crippen molar-refractivity contribution in [1.82, 2.24) is 20.0 Å². The molecule has 0 unspecified atom stereocenters. The molecule has 0 saturated heterocycles. The highest BCUT2D eigenvalue weighted by atomic mass is 16.6. The van der Waals surface area contributed by atoms with E-state index in [1.165, 1.54) is 6.07 Å². The Morgan fingerprint density at radius 1 is 1.41 bits per heavy atom. The smallest absolute Gasteiger partial charge is 0.318 e. The van der Waals surface area contributed by atoms with Gasteiger partial charge in [0, 0.05) is 43.0 Å². The highest BCUT2D eigenvalue weighted by molar-refractivity contribution is 5.75. The normalized spacial score (nSPS) is 14.6. The van der Waals surface area contributed by atoms with Gasteiger partial charge in [-0.1, -0.05) is 19.1 Å². The summed E-state index contributed by atoms with van der Waals surface area (Å²) in [5, 5.41) is 18.8. The summed E-state index contributed by atoms with van der Waals surface area (Å²) in [6.45, 7) is 6.83. The zero-order chi connectivity index (χ0) is 19.7. The molecule has 1 N–H and O–H groups in total. The molecule has 1 aromatic carbocycles. The number of carbonyl (C=O) groups is 1. The molecule has 1 aromatic heterocycles. The van der Waals surface area contributed by atoms with Gasteiger partial charge in [-0.25, -0.2) is 4.79 Å². The van der Waals surface area contributed by atoms with Crippen molar-refractivity contribution in [2.24, 2.45) is 7.05 Å². The van der Waals surface area contributed by atoms with Gasteiger partial charge in [-0.3, -0.25) is 14.8 Å². The van der Waals surface area contributed by atoms with Crippen molar-refractivity contribution >= 4 is 11.7 Å². The number of nitrogens with one attached hydrogen (secondary N) is 1. The van der Waals surface area contributed by atoms with Gasteiger partial charge in [-0.15, -0.1) is 0 Å². The number of hydrogen-bond donors (Lipinski definition) is 1. The average Bonchev–Trinajstić information content (AvgIpc) is 2.90. The van der Waals surface area contributed by atoms with Gasteiger partial charge in [-0.2, -0.15) is 5.10 Å². The molecule has 0 aliphatic carbocycles. The second kappa shape index (κ2) is 7.38. The van der Waals surface area contributed by atoms with E-state index in [4.69, 9.17) is 0 Å². The topological polar surface area (TPSA) is 93.3 Å². The molecule has 2 amide bonds. The predicted octanol–water partition coefficient (Wildman–Crippen LogP) is 3.16. The van der Waals surface area contributed by atoms with E-state index < -0.39 is 0 Å². The summed E-state index contributed by atoms with van der Waals surface area (Å²) in [5.74, 6) is 0. The molecule has 3 rings (SSSR count). The van der Waals surface area contributed by atoms with E-state index in [2.05, 4.69) is 10.4 Å². The Hall–Kier alpha value is -2.90. The Morgan fingerprint density at radius 3 is 2.74 bits per heavy atom. The van der Waals surface area contributed by atoms with Gasteiger partial charge < -0.3 is 10.2 Å². The summed E-state index contributed by atoms with van der Waals surface area (Å²) in [6.07, 6.45) is 1.25. The van der Waals surface area contributed by atoms with Crippen molar-refractivity contribution in [2.75, 3.05) is 6.54 Å². The average molecular weight is 371 g/mol. The van der Waals surface area contributed by atoms with Crippen LogP contribution in [0.5, 0.6) is 0 Å². The van der Waals surface area contributed by atoms with Gasteiger partial charge in [0.05, 0.1) is 16.7 Å². The number of aromatic nitrogens is 2. The minimum absolute atomic E-state index is 0.113. The van der Waals surface area contributed by atoms with Crippen molar-refractivity contribution in [3.05, 3.63) is 56.4 Å². The van der Waals surface area contributed by atoms with E-state index in [1.807, 2.05) is 38.6 Å². The van der Waals surface area contributed by atoms with Crippen LogP contribution in [0.15, 0.2) is 18.2 Å². The van der Waals surface area contributed by atoms with Crippen LogP contribution in [0.4, 0.5) is 10.5 Å². The zero-order valence-corrected chi connectivity index (χ0v) is 16.2. The summed E-state index contributed by atoms with van der Waals surface area (Å²) >= 11 is 0. The number of benzene rings is 1. The van der Waals surface area contributed by atoms with Gasteiger partial charge in [-0.05, 0) is 32.3 Å². The number of carbonyl (C=O) groups excluding carboxylic acids is 1. The number of nitro groups is 1. The van der Waals surface area contributed by atoms with Crippen LogP contribution in [0.3, 0.4) is 0 Å². The molecule has 0 spiro atoms. The van der Waals surface area contributed by atoms with Crippen LogP contribution in [-0.4, -0.2) is 32.2 Å². The molecule has 8 nitrogen and oxygen atoms in total. The second-order valence-corrected chi connectivity index (χ2v) is 6.96. The number of aryl methyl sites for hydroxylation is 2. The minimum atomic E-state index is -0.352. The maximum absolute atomic E-state index is 12.9. The quantitative estimate of drug-likeness (QED) is 0.660. The lowest BCUT2D eigenvalue weighted by atomic mass is 9.98. The Bertz CT molecular complexity index is 890. The first-order valence-corrected chi connectivity index (χ1v) is 9.14. The van der Waals surface area contributed by atoms with E-state index >= 15 is 0 Å². The maximum atomic E-state index is 12.9. The lowest BCUT2D eigenvalue weighted by Crippen LogP contribution is -2.44. The van der Waals surface area contributed by atoms with Crippen molar-refractivity contribution < 1.29 is 9.72 Å². The van der Waals surface area contributed by atoms with E-state index in [0.717, 1.165) is 34.5 Å². The highest BCUT2D eigenvalue weighted by Gasteiger charge is 2.28. The van der Waals surface area contributed by atoms with Crippen LogP contribution in [0.1, 0.15) is 47.5 Å². The van der Waals surface area contributed by atoms with Gasteiger partial charge >= 0.3 is 6.03 Å². The summed E-state index contributed by atoms with van der Waals surface area (Å²) in [4.78, 5) is 25.4. The van der Waals surface area contributed by atoms with Gasteiger partial charge in [0.15, 0.2) is 0 Å². The number of nitrogens with zero attached hydrogens (tertiary/aromatic N) is 4. The Morgan fingerprint density at radius 2 is 2.15 bits per heavy atom. The Labute approximate surface area is 158 Å². The molecule has 0 fully saturated rings. The molecule has 2 aromatic rings. The number of nitro benzene ring substituents is 1. The molecule has 0 bridgehead atoms. The Kier molecular flexibility index (Phi) is 5.16. The molecule has 1 aliphatic rings. The van der Waals surface area contributed by atoms with Crippen LogP contribution < -0.4 is 5.32 Å². The molecule has 1 aliphatic heterocycles. The third-order valence-electron chi connectivity index (χ3n) is 5.34. The first-order chi connectivity index (χ1) is 12.8. The van der Waals surface area contributed by atoms with Gasteiger partial charge in [0.2, 0.25) is 0 Å². The number of amides is 2. The molecule has 27 heavy (non-hydrogen) atoms. The molecular weight excluding hydrogens is 346 g/mol. The van der Waals surface area contributed by atoms with E-state index in [1.54, 1.807) is 11.0 Å². The van der Waals surface area contributed by atoms with Crippen molar-refractivity contribution in [1.29, 1.82) is 0 Å². The van der Waals surface area contributed by atoms with Crippen LogP contribution in [0.2, 0.25) is 0 Å². The molecule has 0 saturated carbocycles. The molecular formula is C19H25N5O3. The minimum Gasteiger partial charge on any atom is -0.331 e. The van der Waals surface area contributed by atoms with Gasteiger partial charge in [0.1, 0.15) is 0 Å². The lowest BCUT2D eigenvalue weighted by molar-refractivity contribution is -0.385.